The molecule has 0 spiro atoms. The summed E-state index contributed by atoms with van der Waals surface area (Å²) in [5, 5.41) is 0. The number of benzene rings is 1. The second kappa shape index (κ2) is 5.24. The van der Waals surface area contributed by atoms with Crippen LogP contribution in [0, 0.1) is 0 Å². The lowest BCUT2D eigenvalue weighted by Gasteiger charge is -2.03. The molecule has 1 amide bonds. The Morgan fingerprint density at radius 3 is 2.29 bits per heavy atom. The van der Waals surface area contributed by atoms with Crippen molar-refractivity contribution >= 4 is 6.09 Å². The Labute approximate surface area is 82.8 Å². The zero-order valence-corrected chi connectivity index (χ0v) is 7.90. The molecule has 0 aliphatic carbocycles. The van der Waals surface area contributed by atoms with E-state index in [1.807, 2.05) is 24.3 Å². The maximum absolute atomic E-state index is 10.3. The fourth-order valence-corrected chi connectivity index (χ4v) is 1.12. The molecule has 4 N–H and O–H groups in total. The lowest BCUT2D eigenvalue weighted by Crippen LogP contribution is -2.12. The van der Waals surface area contributed by atoms with E-state index in [1.54, 1.807) is 0 Å². The van der Waals surface area contributed by atoms with Crippen LogP contribution >= 0.6 is 0 Å². The molecule has 0 bridgehead atoms. The normalized spacial score (nSPS) is 9.79. The highest BCUT2D eigenvalue weighted by Gasteiger charge is 1.97. The largest absolute Gasteiger partial charge is 0.445 e. The van der Waals surface area contributed by atoms with Crippen LogP contribution in [-0.2, 0) is 17.8 Å². The molecule has 0 atom stereocenters. The van der Waals surface area contributed by atoms with Crippen molar-refractivity contribution in [3.8, 4) is 0 Å². The Hall–Kier alpha value is -1.55. The van der Waals surface area contributed by atoms with Crippen LogP contribution < -0.4 is 11.5 Å². The number of hydrogen-bond donors (Lipinski definition) is 2. The van der Waals surface area contributed by atoms with E-state index in [1.165, 1.54) is 5.56 Å². The summed E-state index contributed by atoms with van der Waals surface area (Å²) in [6.45, 7) is 0.857. The van der Waals surface area contributed by atoms with E-state index in [9.17, 15) is 4.79 Å². The van der Waals surface area contributed by atoms with Gasteiger partial charge in [-0.05, 0) is 24.1 Å². The molecule has 0 aliphatic rings. The molecule has 1 rings (SSSR count). The molecule has 4 heteroatoms. The maximum Gasteiger partial charge on any atom is 0.404 e. The second-order valence-corrected chi connectivity index (χ2v) is 2.96. The minimum absolute atomic E-state index is 0.220. The molecular weight excluding hydrogens is 180 g/mol. The summed E-state index contributed by atoms with van der Waals surface area (Å²) in [4.78, 5) is 10.3. The van der Waals surface area contributed by atoms with Crippen molar-refractivity contribution in [2.45, 2.75) is 13.0 Å². The van der Waals surface area contributed by atoms with E-state index in [2.05, 4.69) is 4.74 Å². The molecule has 0 radical (unpaired) electrons. The van der Waals surface area contributed by atoms with Crippen molar-refractivity contribution in [3.63, 3.8) is 0 Å². The van der Waals surface area contributed by atoms with Crippen LogP contribution in [0.3, 0.4) is 0 Å². The van der Waals surface area contributed by atoms with E-state index in [4.69, 9.17) is 11.5 Å². The highest BCUT2D eigenvalue weighted by atomic mass is 16.5. The van der Waals surface area contributed by atoms with Crippen LogP contribution in [0.25, 0.3) is 0 Å². The molecule has 1 aromatic rings. The smallest absolute Gasteiger partial charge is 0.404 e. The van der Waals surface area contributed by atoms with Gasteiger partial charge in [0.2, 0.25) is 0 Å². The summed E-state index contributed by atoms with van der Waals surface area (Å²) >= 11 is 0. The van der Waals surface area contributed by atoms with Gasteiger partial charge in [-0.15, -0.1) is 0 Å². The van der Waals surface area contributed by atoms with Gasteiger partial charge in [-0.1, -0.05) is 24.3 Å². The number of rotatable bonds is 4. The summed E-state index contributed by atoms with van der Waals surface area (Å²) in [5.74, 6) is 0. The topological polar surface area (TPSA) is 78.3 Å². The number of hydrogen-bond acceptors (Lipinski definition) is 3. The first-order valence-electron chi connectivity index (χ1n) is 4.42. The minimum Gasteiger partial charge on any atom is -0.445 e. The molecule has 0 saturated heterocycles. The van der Waals surface area contributed by atoms with Gasteiger partial charge in [0.05, 0.1) is 0 Å². The van der Waals surface area contributed by atoms with Gasteiger partial charge in [0.25, 0.3) is 0 Å². The molecule has 1 aromatic carbocycles. The Kier molecular flexibility index (Phi) is 3.94. The maximum atomic E-state index is 10.3. The second-order valence-electron chi connectivity index (χ2n) is 2.96. The summed E-state index contributed by atoms with van der Waals surface area (Å²) in [5.41, 5.74) is 12.3. The molecule has 0 heterocycles. The average molecular weight is 194 g/mol. The highest BCUT2D eigenvalue weighted by Crippen LogP contribution is 2.05. The number of amides is 1. The van der Waals surface area contributed by atoms with E-state index in [-0.39, 0.29) is 6.61 Å². The zero-order valence-electron chi connectivity index (χ0n) is 7.90. The van der Waals surface area contributed by atoms with Crippen molar-refractivity contribution in [1.82, 2.24) is 0 Å². The molecule has 0 fully saturated rings. The highest BCUT2D eigenvalue weighted by molar-refractivity contribution is 5.64. The van der Waals surface area contributed by atoms with E-state index >= 15 is 0 Å². The molecule has 76 valence electrons. The average Bonchev–Trinajstić information content (AvgIpc) is 2.17. The third-order valence-electron chi connectivity index (χ3n) is 1.84. The first kappa shape index (κ1) is 10.5. The minimum atomic E-state index is -0.754. The first-order chi connectivity index (χ1) is 6.72. The number of ether oxygens (including phenoxy) is 1. The number of carbonyl (C=O) groups excluding carboxylic acids is 1. The van der Waals surface area contributed by atoms with Gasteiger partial charge in [0.1, 0.15) is 6.61 Å². The van der Waals surface area contributed by atoms with Crippen LogP contribution in [0.15, 0.2) is 24.3 Å². The monoisotopic (exact) mass is 194 g/mol. The number of nitrogens with two attached hydrogens (primary N) is 2. The Balaban J connectivity index is 2.50. The molecule has 14 heavy (non-hydrogen) atoms. The van der Waals surface area contributed by atoms with Gasteiger partial charge >= 0.3 is 6.09 Å². The van der Waals surface area contributed by atoms with Crippen molar-refractivity contribution in [3.05, 3.63) is 35.4 Å². The van der Waals surface area contributed by atoms with Crippen LogP contribution in [0.5, 0.6) is 0 Å². The number of carbonyl (C=O) groups is 1. The quantitative estimate of drug-likeness (QED) is 0.743. The van der Waals surface area contributed by atoms with E-state index in [0.717, 1.165) is 12.0 Å². The Morgan fingerprint density at radius 2 is 1.79 bits per heavy atom. The molecular formula is C10H14N2O2. The predicted octanol–water partition coefficient (Wildman–Crippen LogP) is 0.783. The van der Waals surface area contributed by atoms with Crippen molar-refractivity contribution in [1.29, 1.82) is 0 Å². The lowest BCUT2D eigenvalue weighted by atomic mass is 10.1. The van der Waals surface area contributed by atoms with Crippen LogP contribution in [0.2, 0.25) is 0 Å². The van der Waals surface area contributed by atoms with Gasteiger partial charge in [0.15, 0.2) is 0 Å². The molecule has 4 nitrogen and oxygen atoms in total. The van der Waals surface area contributed by atoms with E-state index in [0.29, 0.717) is 6.54 Å². The van der Waals surface area contributed by atoms with Crippen molar-refractivity contribution < 1.29 is 9.53 Å². The molecule has 0 unspecified atom stereocenters. The van der Waals surface area contributed by atoms with Gasteiger partial charge in [-0.2, -0.15) is 0 Å². The zero-order chi connectivity index (χ0) is 10.4. The third-order valence-corrected chi connectivity index (χ3v) is 1.84. The summed E-state index contributed by atoms with van der Waals surface area (Å²) in [7, 11) is 0. The predicted molar refractivity (Wildman–Crippen MR) is 53.6 cm³/mol. The standard InChI is InChI=1S/C10H14N2O2/c11-6-5-8-1-3-9(4-2-8)7-14-10(12)13/h1-4H,5-7,11H2,(H2,12,13). The van der Waals surface area contributed by atoms with Gasteiger partial charge < -0.3 is 16.2 Å². The molecule has 0 aromatic heterocycles. The van der Waals surface area contributed by atoms with Crippen LogP contribution in [0.4, 0.5) is 4.79 Å². The Morgan fingerprint density at radius 1 is 1.21 bits per heavy atom. The molecule has 0 aliphatic heterocycles. The van der Waals surface area contributed by atoms with E-state index < -0.39 is 6.09 Å². The van der Waals surface area contributed by atoms with Crippen LogP contribution in [0.1, 0.15) is 11.1 Å². The SMILES string of the molecule is NCCc1ccc(COC(N)=O)cc1. The van der Waals surface area contributed by atoms with Gasteiger partial charge in [-0.3, -0.25) is 0 Å². The summed E-state index contributed by atoms with van der Waals surface area (Å²) in [6.07, 6.45) is 0.104. The number of primary amides is 1. The summed E-state index contributed by atoms with van der Waals surface area (Å²) < 4.78 is 4.64. The fraction of sp³-hybridized carbons (Fsp3) is 0.300. The van der Waals surface area contributed by atoms with Gasteiger partial charge in [-0.25, -0.2) is 4.79 Å². The third kappa shape index (κ3) is 3.45. The first-order valence-corrected chi connectivity index (χ1v) is 4.42. The summed E-state index contributed by atoms with van der Waals surface area (Å²) in [6, 6.07) is 7.72. The molecule has 0 saturated carbocycles. The van der Waals surface area contributed by atoms with Crippen molar-refractivity contribution in [2.24, 2.45) is 11.5 Å². The fourth-order valence-electron chi connectivity index (χ4n) is 1.12. The lowest BCUT2D eigenvalue weighted by molar-refractivity contribution is 0.150. The van der Waals surface area contributed by atoms with Gasteiger partial charge in [0, 0.05) is 0 Å². The van der Waals surface area contributed by atoms with Crippen molar-refractivity contribution in [2.75, 3.05) is 6.54 Å². The van der Waals surface area contributed by atoms with Crippen LogP contribution in [-0.4, -0.2) is 12.6 Å². The Bertz CT molecular complexity index is 295.